The molecule has 110 valence electrons. The van der Waals surface area contributed by atoms with Gasteiger partial charge in [-0.2, -0.15) is 0 Å². The Labute approximate surface area is 117 Å². The highest BCUT2D eigenvalue weighted by Gasteiger charge is 2.18. The Bertz CT molecular complexity index is 660. The number of tetrazole rings is 1. The monoisotopic (exact) mass is 294 g/mol. The fraction of sp³-hybridized carbons (Fsp3) is 0.182. The van der Waals surface area contributed by atoms with Gasteiger partial charge < -0.3 is 16.2 Å². The van der Waals surface area contributed by atoms with Gasteiger partial charge in [-0.05, 0) is 28.6 Å². The number of nitrogens with one attached hydrogen (secondary N) is 1. The molecule has 0 spiro atoms. The van der Waals surface area contributed by atoms with Crippen LogP contribution >= 0.6 is 0 Å². The van der Waals surface area contributed by atoms with Crippen LogP contribution in [0.3, 0.4) is 0 Å². The number of rotatable bonds is 5. The topological polar surface area (TPSA) is 136 Å². The molecular weight excluding hydrogens is 283 g/mol. The number of hydrogen-bond donors (Lipinski definition) is 3. The predicted molar refractivity (Wildman–Crippen MR) is 68.0 cm³/mol. The molecule has 0 aliphatic heterocycles. The molecule has 1 unspecified atom stereocenters. The van der Waals surface area contributed by atoms with Gasteiger partial charge in [0, 0.05) is 0 Å². The summed E-state index contributed by atoms with van der Waals surface area (Å²) in [5.74, 6) is -2.71. The van der Waals surface area contributed by atoms with Crippen molar-refractivity contribution < 1.29 is 19.1 Å². The van der Waals surface area contributed by atoms with E-state index in [0.717, 1.165) is 6.07 Å². The molecule has 0 aliphatic rings. The standard InChI is InChI=1S/C11H11FN6O3/c12-7-2-1-6(18-5-14-16-17-18)3-9(7)15-11(21)8(13)4-10(19)20/h1-3,5,8H,4,13H2,(H,15,21)(H,19,20). The minimum absolute atomic E-state index is 0.145. The van der Waals surface area contributed by atoms with Crippen LogP contribution < -0.4 is 11.1 Å². The summed E-state index contributed by atoms with van der Waals surface area (Å²) in [6.07, 6.45) is 0.745. The van der Waals surface area contributed by atoms with Crippen molar-refractivity contribution in [2.75, 3.05) is 5.32 Å². The number of aliphatic carboxylic acids is 1. The first kappa shape index (κ1) is 14.5. The second kappa shape index (κ2) is 6.05. The number of carbonyl (C=O) groups excluding carboxylic acids is 1. The first-order chi connectivity index (χ1) is 9.97. The SMILES string of the molecule is NC(CC(=O)O)C(=O)Nc1cc(-n2cnnn2)ccc1F. The Morgan fingerprint density at radius 1 is 1.48 bits per heavy atom. The Morgan fingerprint density at radius 3 is 2.86 bits per heavy atom. The van der Waals surface area contributed by atoms with Crippen molar-refractivity contribution in [2.24, 2.45) is 5.73 Å². The summed E-state index contributed by atoms with van der Waals surface area (Å²) in [6, 6.07) is 2.56. The number of halogens is 1. The molecular formula is C11H11FN6O3. The maximum atomic E-state index is 13.7. The van der Waals surface area contributed by atoms with Crippen LogP contribution in [0.2, 0.25) is 0 Å². The van der Waals surface area contributed by atoms with E-state index < -0.39 is 30.2 Å². The van der Waals surface area contributed by atoms with E-state index in [9.17, 15) is 14.0 Å². The maximum Gasteiger partial charge on any atom is 0.305 e. The van der Waals surface area contributed by atoms with E-state index >= 15 is 0 Å². The summed E-state index contributed by atoms with van der Waals surface area (Å²) in [6.45, 7) is 0. The molecule has 0 aliphatic carbocycles. The lowest BCUT2D eigenvalue weighted by Gasteiger charge is -2.11. The van der Waals surface area contributed by atoms with E-state index in [1.807, 2.05) is 0 Å². The minimum Gasteiger partial charge on any atom is -0.481 e. The van der Waals surface area contributed by atoms with Gasteiger partial charge >= 0.3 is 5.97 Å². The number of amides is 1. The van der Waals surface area contributed by atoms with E-state index in [0.29, 0.717) is 5.69 Å². The molecule has 9 nitrogen and oxygen atoms in total. The van der Waals surface area contributed by atoms with Crippen molar-refractivity contribution in [3.05, 3.63) is 30.3 Å². The lowest BCUT2D eigenvalue weighted by molar-refractivity contribution is -0.138. The zero-order valence-electron chi connectivity index (χ0n) is 10.6. The van der Waals surface area contributed by atoms with Gasteiger partial charge in [0.1, 0.15) is 12.1 Å². The summed E-state index contributed by atoms with van der Waals surface area (Å²) in [5, 5.41) is 21.3. The number of benzene rings is 1. The van der Waals surface area contributed by atoms with Gasteiger partial charge in [-0.25, -0.2) is 9.07 Å². The molecule has 21 heavy (non-hydrogen) atoms. The van der Waals surface area contributed by atoms with Gasteiger partial charge in [0.2, 0.25) is 5.91 Å². The average Bonchev–Trinajstić information content (AvgIpc) is 2.94. The molecule has 0 radical (unpaired) electrons. The molecule has 2 aromatic rings. The number of anilines is 1. The molecule has 1 aromatic heterocycles. The van der Waals surface area contributed by atoms with Crippen molar-refractivity contribution in [3.63, 3.8) is 0 Å². The molecule has 0 bridgehead atoms. The van der Waals surface area contributed by atoms with E-state index in [1.54, 1.807) is 0 Å². The maximum absolute atomic E-state index is 13.7. The highest BCUT2D eigenvalue weighted by Crippen LogP contribution is 2.18. The number of nitrogens with zero attached hydrogens (tertiary/aromatic N) is 4. The van der Waals surface area contributed by atoms with Crippen LogP contribution in [0.1, 0.15) is 6.42 Å². The van der Waals surface area contributed by atoms with Crippen molar-refractivity contribution in [3.8, 4) is 5.69 Å². The molecule has 0 saturated heterocycles. The van der Waals surface area contributed by atoms with Gasteiger partial charge in [0.25, 0.3) is 0 Å². The zero-order valence-corrected chi connectivity index (χ0v) is 10.6. The van der Waals surface area contributed by atoms with E-state index in [4.69, 9.17) is 10.8 Å². The second-order valence-corrected chi connectivity index (χ2v) is 4.11. The van der Waals surface area contributed by atoms with Gasteiger partial charge in [0.05, 0.1) is 23.8 Å². The van der Waals surface area contributed by atoms with Crippen molar-refractivity contribution >= 4 is 17.6 Å². The number of hydrogen-bond acceptors (Lipinski definition) is 6. The summed E-state index contributed by atoms with van der Waals surface area (Å²) in [5.41, 5.74) is 5.67. The van der Waals surface area contributed by atoms with Crippen LogP contribution in [0.5, 0.6) is 0 Å². The Kier molecular flexibility index (Phi) is 4.18. The first-order valence-corrected chi connectivity index (χ1v) is 5.78. The van der Waals surface area contributed by atoms with Crippen LogP contribution in [0.15, 0.2) is 24.5 Å². The Morgan fingerprint density at radius 2 is 2.24 bits per heavy atom. The van der Waals surface area contributed by atoms with Gasteiger partial charge in [0.15, 0.2) is 0 Å². The number of carbonyl (C=O) groups is 2. The quantitative estimate of drug-likeness (QED) is 0.678. The van der Waals surface area contributed by atoms with Crippen LogP contribution in [0.25, 0.3) is 5.69 Å². The molecule has 1 amide bonds. The lowest BCUT2D eigenvalue weighted by Crippen LogP contribution is -2.37. The molecule has 1 atom stereocenters. The van der Waals surface area contributed by atoms with Crippen LogP contribution in [0.4, 0.5) is 10.1 Å². The Hall–Kier alpha value is -2.88. The van der Waals surface area contributed by atoms with Gasteiger partial charge in [-0.3, -0.25) is 9.59 Å². The highest BCUT2D eigenvalue weighted by molar-refractivity contribution is 5.96. The van der Waals surface area contributed by atoms with Gasteiger partial charge in [-0.15, -0.1) is 5.10 Å². The third-order valence-electron chi connectivity index (χ3n) is 2.55. The zero-order chi connectivity index (χ0) is 15.4. The van der Waals surface area contributed by atoms with Crippen LogP contribution in [-0.4, -0.2) is 43.2 Å². The number of carboxylic acids is 1. The third-order valence-corrected chi connectivity index (χ3v) is 2.55. The normalized spacial score (nSPS) is 11.9. The predicted octanol–water partition coefficient (Wildman–Crippen LogP) is -0.458. The van der Waals surface area contributed by atoms with Gasteiger partial charge in [-0.1, -0.05) is 0 Å². The molecule has 0 fully saturated rings. The van der Waals surface area contributed by atoms with E-state index in [2.05, 4.69) is 20.8 Å². The van der Waals surface area contributed by atoms with E-state index in [-0.39, 0.29) is 5.69 Å². The van der Waals surface area contributed by atoms with Crippen LogP contribution in [0, 0.1) is 5.82 Å². The summed E-state index contributed by atoms with van der Waals surface area (Å²) < 4.78 is 14.9. The largest absolute Gasteiger partial charge is 0.481 e. The van der Waals surface area contributed by atoms with Crippen molar-refractivity contribution in [1.82, 2.24) is 20.2 Å². The number of carboxylic acid groups (broad SMARTS) is 1. The van der Waals surface area contributed by atoms with E-state index in [1.165, 1.54) is 23.1 Å². The molecule has 1 heterocycles. The summed E-state index contributed by atoms with van der Waals surface area (Å²) >= 11 is 0. The molecule has 4 N–H and O–H groups in total. The molecule has 0 saturated carbocycles. The fourth-order valence-corrected chi connectivity index (χ4v) is 1.54. The molecule has 10 heteroatoms. The highest BCUT2D eigenvalue weighted by atomic mass is 19.1. The number of nitrogens with two attached hydrogens (primary N) is 1. The number of aromatic nitrogens is 4. The van der Waals surface area contributed by atoms with Crippen LogP contribution in [-0.2, 0) is 9.59 Å². The van der Waals surface area contributed by atoms with Crippen molar-refractivity contribution in [2.45, 2.75) is 12.5 Å². The average molecular weight is 294 g/mol. The first-order valence-electron chi connectivity index (χ1n) is 5.78. The second-order valence-electron chi connectivity index (χ2n) is 4.11. The van der Waals surface area contributed by atoms with Crippen molar-refractivity contribution in [1.29, 1.82) is 0 Å². The fourth-order valence-electron chi connectivity index (χ4n) is 1.54. The third kappa shape index (κ3) is 3.57. The smallest absolute Gasteiger partial charge is 0.305 e. The lowest BCUT2D eigenvalue weighted by atomic mass is 10.2. The summed E-state index contributed by atoms with van der Waals surface area (Å²) in [4.78, 5) is 22.2. The summed E-state index contributed by atoms with van der Waals surface area (Å²) in [7, 11) is 0. The minimum atomic E-state index is -1.28. The molecule has 1 aromatic carbocycles. The Balaban J connectivity index is 2.18. The molecule has 2 rings (SSSR count).